The molecule has 156 valence electrons. The highest BCUT2D eigenvalue weighted by Crippen LogP contribution is 2.26. The number of hydrogen-bond donors (Lipinski definition) is 1. The van der Waals surface area contributed by atoms with Crippen molar-refractivity contribution in [3.8, 4) is 11.5 Å². The molecule has 4 rings (SSSR count). The molecule has 0 aliphatic rings. The van der Waals surface area contributed by atoms with Crippen LogP contribution in [0.4, 0.5) is 5.69 Å². The van der Waals surface area contributed by atoms with Gasteiger partial charge in [0.25, 0.3) is 5.91 Å². The number of aryl methyl sites for hydroxylation is 1. The summed E-state index contributed by atoms with van der Waals surface area (Å²) < 4.78 is 11.5. The largest absolute Gasteiger partial charge is 0.496 e. The first-order valence-corrected chi connectivity index (χ1v) is 10.3. The molecule has 0 atom stereocenters. The first-order valence-electron chi connectivity index (χ1n) is 9.89. The van der Waals surface area contributed by atoms with Crippen molar-refractivity contribution < 1.29 is 14.3 Å². The molecule has 4 aromatic rings. The number of anilines is 1. The highest BCUT2D eigenvalue weighted by Gasteiger charge is 2.12. The van der Waals surface area contributed by atoms with Crippen LogP contribution < -0.4 is 14.8 Å². The number of rotatable bonds is 6. The third-order valence-electron chi connectivity index (χ3n) is 5.09. The fraction of sp³-hybridized carbons (Fsp3) is 0.115. The van der Waals surface area contributed by atoms with Crippen LogP contribution in [-0.4, -0.2) is 13.0 Å². The summed E-state index contributed by atoms with van der Waals surface area (Å²) in [5, 5.41) is 5.83. The van der Waals surface area contributed by atoms with Gasteiger partial charge >= 0.3 is 0 Å². The fourth-order valence-electron chi connectivity index (χ4n) is 3.41. The van der Waals surface area contributed by atoms with Crippen LogP contribution in [0.2, 0.25) is 5.02 Å². The monoisotopic (exact) mass is 431 g/mol. The molecule has 0 radical (unpaired) electrons. The van der Waals surface area contributed by atoms with E-state index in [-0.39, 0.29) is 12.5 Å². The number of ether oxygens (including phenoxy) is 2. The summed E-state index contributed by atoms with van der Waals surface area (Å²) in [5.74, 6) is 1.22. The van der Waals surface area contributed by atoms with Gasteiger partial charge in [-0.05, 0) is 71.8 Å². The van der Waals surface area contributed by atoms with E-state index in [1.54, 1.807) is 37.4 Å². The molecular formula is C26H22ClNO3. The molecule has 0 saturated heterocycles. The van der Waals surface area contributed by atoms with E-state index >= 15 is 0 Å². The van der Waals surface area contributed by atoms with E-state index in [1.165, 1.54) is 0 Å². The minimum absolute atomic E-state index is 0.208. The van der Waals surface area contributed by atoms with Gasteiger partial charge in [0.1, 0.15) is 18.1 Å². The Balaban J connectivity index is 1.53. The van der Waals surface area contributed by atoms with E-state index in [9.17, 15) is 4.79 Å². The van der Waals surface area contributed by atoms with Gasteiger partial charge in [-0.2, -0.15) is 0 Å². The third kappa shape index (κ3) is 4.81. The third-order valence-corrected chi connectivity index (χ3v) is 5.33. The lowest BCUT2D eigenvalue weighted by molar-refractivity contribution is 0.102. The Morgan fingerprint density at radius 2 is 1.74 bits per heavy atom. The molecule has 0 unspecified atom stereocenters. The molecule has 31 heavy (non-hydrogen) atoms. The highest BCUT2D eigenvalue weighted by molar-refractivity contribution is 6.30. The van der Waals surface area contributed by atoms with Gasteiger partial charge in [0, 0.05) is 21.8 Å². The van der Waals surface area contributed by atoms with Gasteiger partial charge in [-0.15, -0.1) is 0 Å². The van der Waals surface area contributed by atoms with Gasteiger partial charge in [0.15, 0.2) is 0 Å². The Bertz CT molecular complexity index is 1250. The first-order chi connectivity index (χ1) is 15.0. The number of hydrogen-bond acceptors (Lipinski definition) is 3. The Kier molecular flexibility index (Phi) is 6.10. The van der Waals surface area contributed by atoms with Crippen LogP contribution in [0, 0.1) is 6.92 Å². The lowest BCUT2D eigenvalue weighted by Gasteiger charge is -2.13. The van der Waals surface area contributed by atoms with E-state index in [2.05, 4.69) is 11.4 Å². The molecule has 4 aromatic carbocycles. The maximum Gasteiger partial charge on any atom is 0.255 e. The summed E-state index contributed by atoms with van der Waals surface area (Å²) in [6.45, 7) is 2.18. The van der Waals surface area contributed by atoms with Crippen LogP contribution in [0.25, 0.3) is 10.8 Å². The van der Waals surface area contributed by atoms with Crippen molar-refractivity contribution in [2.24, 2.45) is 0 Å². The predicted molar refractivity (Wildman–Crippen MR) is 125 cm³/mol. The van der Waals surface area contributed by atoms with E-state index in [0.29, 0.717) is 16.3 Å². The highest BCUT2D eigenvalue weighted by atomic mass is 35.5. The number of fused-ring (bicyclic) bond motifs is 1. The average molecular weight is 432 g/mol. The molecule has 0 spiro atoms. The zero-order valence-electron chi connectivity index (χ0n) is 17.3. The molecule has 5 heteroatoms. The second-order valence-electron chi connectivity index (χ2n) is 7.24. The molecule has 0 saturated carbocycles. The number of amides is 1. The first kappa shape index (κ1) is 20.8. The zero-order chi connectivity index (χ0) is 21.8. The van der Waals surface area contributed by atoms with E-state index in [4.69, 9.17) is 21.1 Å². The molecule has 0 aliphatic carbocycles. The molecule has 0 heterocycles. The summed E-state index contributed by atoms with van der Waals surface area (Å²) in [5.41, 5.74) is 2.93. The Morgan fingerprint density at radius 1 is 0.935 bits per heavy atom. The number of carbonyl (C=O) groups is 1. The quantitative estimate of drug-likeness (QED) is 0.372. The standard InChI is InChI=1S/C26H22ClNO3/c1-17-13-22(27)9-11-24(17)28-26(29)20-8-12-25(30-2)21(14-20)16-31-23-10-7-18-5-3-4-6-19(18)15-23/h3-15H,16H2,1-2H3,(H,28,29). The predicted octanol–water partition coefficient (Wildman–Crippen LogP) is 6.64. The number of benzene rings is 4. The van der Waals surface area contributed by atoms with Crippen molar-refractivity contribution in [1.29, 1.82) is 0 Å². The molecule has 1 N–H and O–H groups in total. The van der Waals surface area contributed by atoms with Crippen LogP contribution in [0.5, 0.6) is 11.5 Å². The zero-order valence-corrected chi connectivity index (χ0v) is 18.1. The molecule has 0 aromatic heterocycles. The van der Waals surface area contributed by atoms with Crippen LogP contribution >= 0.6 is 11.6 Å². The molecular weight excluding hydrogens is 410 g/mol. The van der Waals surface area contributed by atoms with Gasteiger partial charge in [0.2, 0.25) is 0 Å². The van der Waals surface area contributed by atoms with Gasteiger partial charge in [-0.25, -0.2) is 0 Å². The summed E-state index contributed by atoms with van der Waals surface area (Å²) in [7, 11) is 1.60. The van der Waals surface area contributed by atoms with Crippen LogP contribution in [0.15, 0.2) is 78.9 Å². The number of nitrogens with one attached hydrogen (secondary N) is 1. The molecule has 1 amide bonds. The van der Waals surface area contributed by atoms with Crippen molar-refractivity contribution in [3.63, 3.8) is 0 Å². The summed E-state index contributed by atoms with van der Waals surface area (Å²) in [6, 6.07) is 24.8. The molecule has 0 aliphatic heterocycles. The maximum absolute atomic E-state index is 12.8. The smallest absolute Gasteiger partial charge is 0.255 e. The maximum atomic E-state index is 12.8. The molecule has 0 bridgehead atoms. The van der Waals surface area contributed by atoms with Crippen LogP contribution in [0.1, 0.15) is 21.5 Å². The van der Waals surface area contributed by atoms with E-state index in [0.717, 1.165) is 33.3 Å². The fourth-order valence-corrected chi connectivity index (χ4v) is 3.64. The van der Waals surface area contributed by atoms with Gasteiger partial charge < -0.3 is 14.8 Å². The van der Waals surface area contributed by atoms with Gasteiger partial charge in [-0.3, -0.25) is 4.79 Å². The minimum Gasteiger partial charge on any atom is -0.496 e. The average Bonchev–Trinajstić information content (AvgIpc) is 2.79. The van der Waals surface area contributed by atoms with Gasteiger partial charge in [-0.1, -0.05) is 41.9 Å². The van der Waals surface area contributed by atoms with Crippen LogP contribution in [-0.2, 0) is 6.61 Å². The lowest BCUT2D eigenvalue weighted by atomic mass is 10.1. The Morgan fingerprint density at radius 3 is 2.52 bits per heavy atom. The van der Waals surface area contributed by atoms with E-state index in [1.807, 2.05) is 49.4 Å². The Labute approximate surface area is 186 Å². The lowest BCUT2D eigenvalue weighted by Crippen LogP contribution is -2.13. The second kappa shape index (κ2) is 9.11. The Hall–Kier alpha value is -3.50. The van der Waals surface area contributed by atoms with Crippen molar-refractivity contribution in [1.82, 2.24) is 0 Å². The summed E-state index contributed by atoms with van der Waals surface area (Å²) >= 11 is 6.00. The molecule has 4 nitrogen and oxygen atoms in total. The topological polar surface area (TPSA) is 47.6 Å². The van der Waals surface area contributed by atoms with Gasteiger partial charge in [0.05, 0.1) is 7.11 Å². The number of halogens is 1. The SMILES string of the molecule is COc1ccc(C(=O)Nc2ccc(Cl)cc2C)cc1COc1ccc2ccccc2c1. The van der Waals surface area contributed by atoms with E-state index < -0.39 is 0 Å². The van der Waals surface area contributed by atoms with Crippen LogP contribution in [0.3, 0.4) is 0 Å². The number of carbonyl (C=O) groups excluding carboxylic acids is 1. The van der Waals surface area contributed by atoms with Crippen molar-refractivity contribution in [2.45, 2.75) is 13.5 Å². The van der Waals surface area contributed by atoms with Crippen molar-refractivity contribution in [2.75, 3.05) is 12.4 Å². The van der Waals surface area contributed by atoms with Crippen molar-refractivity contribution in [3.05, 3.63) is 101 Å². The summed E-state index contributed by atoms with van der Waals surface area (Å²) in [4.78, 5) is 12.8. The summed E-state index contributed by atoms with van der Waals surface area (Å²) in [6.07, 6.45) is 0. The number of methoxy groups -OCH3 is 1. The molecule has 0 fully saturated rings. The minimum atomic E-state index is -0.208. The normalized spacial score (nSPS) is 10.7. The second-order valence-corrected chi connectivity index (χ2v) is 7.67. The van der Waals surface area contributed by atoms with Crippen molar-refractivity contribution >= 4 is 34.0 Å².